The van der Waals surface area contributed by atoms with Crippen LogP contribution in [0.4, 0.5) is 5.82 Å². The van der Waals surface area contributed by atoms with E-state index < -0.39 is 0 Å². The van der Waals surface area contributed by atoms with Crippen molar-refractivity contribution in [3.05, 3.63) is 59.4 Å². The van der Waals surface area contributed by atoms with Crippen LogP contribution < -0.4 is 10.6 Å². The molecule has 0 saturated heterocycles. The van der Waals surface area contributed by atoms with Crippen molar-refractivity contribution in [3.63, 3.8) is 0 Å². The van der Waals surface area contributed by atoms with Gasteiger partial charge < -0.3 is 15.1 Å². The largest absolute Gasteiger partial charge is 0.445 e. The minimum Gasteiger partial charge on any atom is -0.445 e. The molecule has 2 N–H and O–H groups in total. The Bertz CT molecular complexity index is 1180. The summed E-state index contributed by atoms with van der Waals surface area (Å²) in [6, 6.07) is 3.73. The van der Waals surface area contributed by atoms with Gasteiger partial charge in [-0.2, -0.15) is 0 Å². The minimum atomic E-state index is -0.224. The second-order valence-electron chi connectivity index (χ2n) is 7.37. The Kier molecular flexibility index (Phi) is 4.39. The van der Waals surface area contributed by atoms with Crippen LogP contribution in [-0.4, -0.2) is 33.8 Å². The van der Waals surface area contributed by atoms with E-state index in [0.29, 0.717) is 23.7 Å². The van der Waals surface area contributed by atoms with Crippen LogP contribution >= 0.6 is 0 Å². The van der Waals surface area contributed by atoms with E-state index in [1.807, 2.05) is 18.2 Å². The van der Waals surface area contributed by atoms with Gasteiger partial charge in [-0.15, -0.1) is 0 Å². The third-order valence-electron chi connectivity index (χ3n) is 5.34. The number of nitrogens with one attached hydrogen (secondary N) is 2. The molecule has 5 rings (SSSR count). The molecular formula is C22H19N5O3. The van der Waals surface area contributed by atoms with Crippen LogP contribution in [0.2, 0.25) is 0 Å². The molecule has 0 aromatic carbocycles. The first-order chi connectivity index (χ1) is 14.6. The van der Waals surface area contributed by atoms with Crippen molar-refractivity contribution in [2.45, 2.75) is 19.3 Å². The summed E-state index contributed by atoms with van der Waals surface area (Å²) in [6.07, 6.45) is 10.6. The number of carbonyl (C=O) groups excluding carboxylic acids is 2. The van der Waals surface area contributed by atoms with Gasteiger partial charge in [-0.05, 0) is 42.2 Å². The fourth-order valence-corrected chi connectivity index (χ4v) is 3.58. The van der Waals surface area contributed by atoms with Crippen molar-refractivity contribution in [2.24, 2.45) is 5.92 Å². The molecule has 0 spiro atoms. The second-order valence-corrected chi connectivity index (χ2v) is 7.37. The fourth-order valence-electron chi connectivity index (χ4n) is 3.58. The lowest BCUT2D eigenvalue weighted by atomic mass is 10.0. The van der Waals surface area contributed by atoms with E-state index >= 15 is 0 Å². The van der Waals surface area contributed by atoms with E-state index in [9.17, 15) is 9.59 Å². The molecule has 0 bridgehead atoms. The standard InChI is InChI=1S/C22H19N5O3/c1-23-21(29)17-11-26-19(27-20(28)12-2-3-12)16-9-14(8-15(16)17)18-10-13(4-5-24-18)22-25-6-7-30-22/h4-8,10-12H,2-3,9H2,1H3,(H,23,29)(H,26,27,28). The first-order valence-electron chi connectivity index (χ1n) is 9.75. The number of nitrogens with zero attached hydrogens (tertiary/aromatic N) is 3. The summed E-state index contributed by atoms with van der Waals surface area (Å²) in [5, 5.41) is 5.58. The molecule has 1 fully saturated rings. The van der Waals surface area contributed by atoms with Crippen molar-refractivity contribution in [3.8, 4) is 11.5 Å². The smallest absolute Gasteiger partial charge is 0.253 e. The summed E-state index contributed by atoms with van der Waals surface area (Å²) in [5.74, 6) is 0.839. The molecule has 0 aliphatic heterocycles. The highest BCUT2D eigenvalue weighted by Crippen LogP contribution is 2.38. The van der Waals surface area contributed by atoms with Crippen LogP contribution in [0.3, 0.4) is 0 Å². The molecule has 0 radical (unpaired) electrons. The van der Waals surface area contributed by atoms with Gasteiger partial charge in [0.1, 0.15) is 12.1 Å². The highest BCUT2D eigenvalue weighted by Gasteiger charge is 2.32. The highest BCUT2D eigenvalue weighted by atomic mass is 16.3. The molecule has 3 aromatic heterocycles. The zero-order valence-electron chi connectivity index (χ0n) is 16.3. The summed E-state index contributed by atoms with van der Waals surface area (Å²) >= 11 is 0. The molecule has 3 aromatic rings. The Balaban J connectivity index is 1.53. The van der Waals surface area contributed by atoms with Gasteiger partial charge in [-0.3, -0.25) is 14.6 Å². The van der Waals surface area contributed by atoms with Gasteiger partial charge in [0, 0.05) is 42.9 Å². The van der Waals surface area contributed by atoms with Gasteiger partial charge in [-0.25, -0.2) is 9.97 Å². The molecule has 8 nitrogen and oxygen atoms in total. The molecule has 0 unspecified atom stereocenters. The van der Waals surface area contributed by atoms with E-state index in [1.54, 1.807) is 19.4 Å². The van der Waals surface area contributed by atoms with Gasteiger partial charge in [0.25, 0.3) is 5.91 Å². The lowest BCUT2D eigenvalue weighted by Crippen LogP contribution is -2.21. The van der Waals surface area contributed by atoms with E-state index in [4.69, 9.17) is 4.42 Å². The Morgan fingerprint density at radius 1 is 1.17 bits per heavy atom. The summed E-state index contributed by atoms with van der Waals surface area (Å²) in [5.41, 5.74) is 4.55. The number of allylic oxidation sites excluding steroid dienone is 1. The monoisotopic (exact) mass is 401 g/mol. The van der Waals surface area contributed by atoms with Crippen LogP contribution in [0.5, 0.6) is 0 Å². The fraction of sp³-hybridized carbons (Fsp3) is 0.227. The number of carbonyl (C=O) groups is 2. The molecule has 30 heavy (non-hydrogen) atoms. The predicted octanol–water partition coefficient (Wildman–Crippen LogP) is 2.94. The minimum absolute atomic E-state index is 0.0186. The first kappa shape index (κ1) is 18.2. The molecule has 1 saturated carbocycles. The molecule has 150 valence electrons. The average Bonchev–Trinajstić information content (AvgIpc) is 3.29. The Morgan fingerprint density at radius 2 is 2.03 bits per heavy atom. The first-order valence-corrected chi connectivity index (χ1v) is 9.75. The van der Waals surface area contributed by atoms with Crippen LogP contribution in [0.1, 0.15) is 40.0 Å². The van der Waals surface area contributed by atoms with Gasteiger partial charge >= 0.3 is 0 Å². The predicted molar refractivity (Wildman–Crippen MR) is 110 cm³/mol. The Morgan fingerprint density at radius 3 is 2.77 bits per heavy atom. The summed E-state index contributed by atoms with van der Waals surface area (Å²) in [6.45, 7) is 0. The molecule has 2 amide bonds. The molecule has 8 heteroatoms. The number of hydrogen-bond acceptors (Lipinski definition) is 6. The summed E-state index contributed by atoms with van der Waals surface area (Å²) in [7, 11) is 1.58. The number of pyridine rings is 2. The van der Waals surface area contributed by atoms with Crippen LogP contribution in [0, 0.1) is 5.92 Å². The molecule has 3 heterocycles. The molecule has 0 atom stereocenters. The Hall–Kier alpha value is -3.81. The second kappa shape index (κ2) is 7.22. The quantitative estimate of drug-likeness (QED) is 0.680. The normalized spacial score (nSPS) is 14.8. The average molecular weight is 401 g/mol. The van der Waals surface area contributed by atoms with Gasteiger partial charge in [0.05, 0.1) is 17.5 Å². The molecule has 2 aliphatic rings. The number of hydrogen-bond donors (Lipinski definition) is 2. The van der Waals surface area contributed by atoms with Gasteiger partial charge in [-0.1, -0.05) is 0 Å². The number of aromatic nitrogens is 3. The maximum absolute atomic E-state index is 12.4. The zero-order valence-corrected chi connectivity index (χ0v) is 16.3. The molecular weight excluding hydrogens is 382 g/mol. The van der Waals surface area contributed by atoms with Crippen molar-refractivity contribution in [2.75, 3.05) is 12.4 Å². The molecule has 2 aliphatic carbocycles. The third kappa shape index (κ3) is 3.26. The number of amides is 2. The van der Waals surface area contributed by atoms with Crippen LogP contribution in [0.25, 0.3) is 23.1 Å². The van der Waals surface area contributed by atoms with E-state index in [1.165, 1.54) is 12.5 Å². The lowest BCUT2D eigenvalue weighted by Gasteiger charge is -2.12. The van der Waals surface area contributed by atoms with Crippen LogP contribution in [-0.2, 0) is 11.2 Å². The van der Waals surface area contributed by atoms with Crippen LogP contribution in [0.15, 0.2) is 41.4 Å². The summed E-state index contributed by atoms with van der Waals surface area (Å²) < 4.78 is 5.39. The van der Waals surface area contributed by atoms with Crippen molar-refractivity contribution in [1.82, 2.24) is 20.3 Å². The van der Waals surface area contributed by atoms with Crippen molar-refractivity contribution < 1.29 is 14.0 Å². The maximum atomic E-state index is 12.4. The van der Waals surface area contributed by atoms with Gasteiger partial charge in [0.2, 0.25) is 11.8 Å². The van der Waals surface area contributed by atoms with Crippen molar-refractivity contribution in [1.29, 1.82) is 0 Å². The number of fused-ring (bicyclic) bond motifs is 1. The van der Waals surface area contributed by atoms with E-state index in [0.717, 1.165) is 40.8 Å². The third-order valence-corrected chi connectivity index (χ3v) is 5.34. The van der Waals surface area contributed by atoms with E-state index in [-0.39, 0.29) is 17.7 Å². The number of rotatable bonds is 5. The number of oxazole rings is 1. The van der Waals surface area contributed by atoms with Crippen molar-refractivity contribution >= 4 is 29.3 Å². The maximum Gasteiger partial charge on any atom is 0.253 e. The Labute approximate surface area is 172 Å². The lowest BCUT2D eigenvalue weighted by molar-refractivity contribution is -0.117. The highest BCUT2D eigenvalue weighted by molar-refractivity contribution is 6.04. The zero-order chi connectivity index (χ0) is 20.7. The number of anilines is 1. The van der Waals surface area contributed by atoms with E-state index in [2.05, 4.69) is 25.6 Å². The summed E-state index contributed by atoms with van der Waals surface area (Å²) in [4.78, 5) is 37.7. The SMILES string of the molecule is CNC(=O)c1cnc(NC(=O)C2CC2)c2c1C=C(c1cc(-c3ncco3)ccn1)C2. The van der Waals surface area contributed by atoms with Gasteiger partial charge in [0.15, 0.2) is 0 Å². The topological polar surface area (TPSA) is 110 Å².